The molecule has 2 nitrogen and oxygen atoms in total. The molecule has 13 heavy (non-hydrogen) atoms. The molecular weight excluding hydrogens is 164 g/mol. The van der Waals surface area contributed by atoms with E-state index in [0.717, 1.165) is 25.7 Å². The number of carbonyl (C=O) groups is 1. The highest BCUT2D eigenvalue weighted by Crippen LogP contribution is 2.28. The van der Waals surface area contributed by atoms with Crippen molar-refractivity contribution in [2.75, 3.05) is 7.11 Å². The van der Waals surface area contributed by atoms with E-state index >= 15 is 0 Å². The predicted octanol–water partition coefficient (Wildman–Crippen LogP) is 2.56. The minimum Gasteiger partial charge on any atom is -0.381 e. The zero-order chi connectivity index (χ0) is 9.68. The molecule has 1 aliphatic rings. The summed E-state index contributed by atoms with van der Waals surface area (Å²) in [5.41, 5.74) is 0. The van der Waals surface area contributed by atoms with Crippen molar-refractivity contribution in [3.63, 3.8) is 0 Å². The van der Waals surface area contributed by atoms with Gasteiger partial charge in [-0.2, -0.15) is 0 Å². The lowest BCUT2D eigenvalue weighted by atomic mass is 9.82. The van der Waals surface area contributed by atoms with E-state index in [1.165, 1.54) is 12.8 Å². The Balaban J connectivity index is 2.48. The quantitative estimate of drug-likeness (QED) is 0.671. The minimum atomic E-state index is 0.193. The van der Waals surface area contributed by atoms with Crippen molar-refractivity contribution < 1.29 is 9.53 Å². The molecule has 0 aromatic rings. The van der Waals surface area contributed by atoms with Gasteiger partial charge in [0.05, 0.1) is 6.10 Å². The Labute approximate surface area is 80.7 Å². The lowest BCUT2D eigenvalue weighted by Gasteiger charge is -2.29. The summed E-state index contributed by atoms with van der Waals surface area (Å²) >= 11 is 0. The first-order valence-electron chi connectivity index (χ1n) is 5.35. The van der Waals surface area contributed by atoms with E-state index in [-0.39, 0.29) is 12.0 Å². The molecule has 0 aromatic heterocycles. The summed E-state index contributed by atoms with van der Waals surface area (Å²) in [6.45, 7) is 2.06. The minimum absolute atomic E-state index is 0.193. The Kier molecular flexibility index (Phi) is 4.43. The van der Waals surface area contributed by atoms with Crippen molar-refractivity contribution in [1.29, 1.82) is 0 Å². The van der Waals surface area contributed by atoms with Gasteiger partial charge in [0.25, 0.3) is 0 Å². The van der Waals surface area contributed by atoms with Gasteiger partial charge in [0.2, 0.25) is 0 Å². The number of rotatable bonds is 4. The summed E-state index contributed by atoms with van der Waals surface area (Å²) in [7, 11) is 1.72. The summed E-state index contributed by atoms with van der Waals surface area (Å²) in [5, 5.41) is 0. The summed E-state index contributed by atoms with van der Waals surface area (Å²) in [6, 6.07) is 0. The average Bonchev–Trinajstić information content (AvgIpc) is 2.18. The van der Waals surface area contributed by atoms with Crippen molar-refractivity contribution in [1.82, 2.24) is 0 Å². The third-order valence-electron chi connectivity index (χ3n) is 2.92. The highest BCUT2D eigenvalue weighted by atomic mass is 16.5. The van der Waals surface area contributed by atoms with E-state index in [0.29, 0.717) is 5.78 Å². The lowest BCUT2D eigenvalue weighted by molar-refractivity contribution is -0.129. The van der Waals surface area contributed by atoms with Crippen LogP contribution in [0.2, 0.25) is 0 Å². The molecule has 2 unspecified atom stereocenters. The molecule has 2 heteroatoms. The van der Waals surface area contributed by atoms with Gasteiger partial charge in [0.15, 0.2) is 0 Å². The van der Waals surface area contributed by atoms with Gasteiger partial charge in [0.1, 0.15) is 5.78 Å². The molecule has 0 aliphatic heterocycles. The molecule has 0 saturated heterocycles. The van der Waals surface area contributed by atoms with Crippen LogP contribution in [-0.2, 0) is 9.53 Å². The molecule has 0 bridgehead atoms. The smallest absolute Gasteiger partial charge is 0.138 e. The second kappa shape index (κ2) is 5.38. The van der Waals surface area contributed by atoms with Gasteiger partial charge in [-0.1, -0.05) is 19.8 Å². The number of ketones is 1. The average molecular weight is 184 g/mol. The van der Waals surface area contributed by atoms with Crippen molar-refractivity contribution in [2.24, 2.45) is 5.92 Å². The van der Waals surface area contributed by atoms with Crippen LogP contribution in [0.5, 0.6) is 0 Å². The normalized spacial score (nSPS) is 28.8. The van der Waals surface area contributed by atoms with Crippen LogP contribution >= 0.6 is 0 Å². The molecule has 0 N–H and O–H groups in total. The van der Waals surface area contributed by atoms with Crippen LogP contribution in [-0.4, -0.2) is 19.0 Å². The topological polar surface area (TPSA) is 26.3 Å². The standard InChI is InChI=1S/C11H20O2/c1-3-6-10(12)9-7-4-5-8-11(9)13-2/h9,11H,3-8H2,1-2H3. The Hall–Kier alpha value is -0.370. The largest absolute Gasteiger partial charge is 0.381 e. The molecule has 0 amide bonds. The molecule has 1 saturated carbocycles. The summed E-state index contributed by atoms with van der Waals surface area (Å²) < 4.78 is 5.35. The maximum Gasteiger partial charge on any atom is 0.138 e. The highest BCUT2D eigenvalue weighted by Gasteiger charge is 2.29. The van der Waals surface area contributed by atoms with E-state index in [1.807, 2.05) is 0 Å². The van der Waals surface area contributed by atoms with E-state index in [1.54, 1.807) is 7.11 Å². The SMILES string of the molecule is CCCC(=O)C1CCCCC1OC. The third-order valence-corrected chi connectivity index (χ3v) is 2.92. The second-order valence-electron chi connectivity index (χ2n) is 3.88. The summed E-state index contributed by atoms with van der Waals surface area (Å²) in [5.74, 6) is 0.604. The second-order valence-corrected chi connectivity index (χ2v) is 3.88. The molecular formula is C11H20O2. The molecule has 0 spiro atoms. The van der Waals surface area contributed by atoms with E-state index in [2.05, 4.69) is 6.92 Å². The third kappa shape index (κ3) is 2.80. The molecule has 76 valence electrons. The number of Topliss-reactive ketones (excluding diaryl/α,β-unsaturated/α-hetero) is 1. The molecule has 1 aliphatic carbocycles. The maximum absolute atomic E-state index is 11.7. The van der Waals surface area contributed by atoms with Gasteiger partial charge < -0.3 is 4.74 Å². The number of methoxy groups -OCH3 is 1. The number of hydrogen-bond acceptors (Lipinski definition) is 2. The van der Waals surface area contributed by atoms with Crippen molar-refractivity contribution in [3.8, 4) is 0 Å². The lowest BCUT2D eigenvalue weighted by Crippen LogP contribution is -2.32. The van der Waals surface area contributed by atoms with Crippen LogP contribution in [0.3, 0.4) is 0 Å². The van der Waals surface area contributed by atoms with Gasteiger partial charge in [-0.25, -0.2) is 0 Å². The molecule has 1 rings (SSSR count). The Bertz CT molecular complexity index is 165. The zero-order valence-electron chi connectivity index (χ0n) is 8.71. The molecule has 0 aromatic carbocycles. The first-order chi connectivity index (χ1) is 6.29. The fraction of sp³-hybridized carbons (Fsp3) is 0.909. The Morgan fingerprint density at radius 1 is 1.38 bits per heavy atom. The van der Waals surface area contributed by atoms with Crippen LogP contribution in [0, 0.1) is 5.92 Å². The molecule has 2 atom stereocenters. The number of carbonyl (C=O) groups excluding carboxylic acids is 1. The van der Waals surface area contributed by atoms with E-state index in [9.17, 15) is 4.79 Å². The molecule has 0 radical (unpaired) electrons. The number of ether oxygens (including phenoxy) is 1. The van der Waals surface area contributed by atoms with Gasteiger partial charge in [-0.3, -0.25) is 4.79 Å². The van der Waals surface area contributed by atoms with Crippen LogP contribution < -0.4 is 0 Å². The first kappa shape index (κ1) is 10.7. The maximum atomic E-state index is 11.7. The summed E-state index contributed by atoms with van der Waals surface area (Å²) in [4.78, 5) is 11.7. The highest BCUT2D eigenvalue weighted by molar-refractivity contribution is 5.81. The Morgan fingerprint density at radius 2 is 2.08 bits per heavy atom. The van der Waals surface area contributed by atoms with Gasteiger partial charge >= 0.3 is 0 Å². The molecule has 1 fully saturated rings. The van der Waals surface area contributed by atoms with Crippen LogP contribution in [0.1, 0.15) is 45.4 Å². The predicted molar refractivity (Wildman–Crippen MR) is 52.7 cm³/mol. The van der Waals surface area contributed by atoms with Crippen molar-refractivity contribution in [3.05, 3.63) is 0 Å². The number of hydrogen-bond donors (Lipinski definition) is 0. The summed E-state index contributed by atoms with van der Waals surface area (Å²) in [6.07, 6.45) is 6.41. The van der Waals surface area contributed by atoms with Gasteiger partial charge in [-0.05, 0) is 19.3 Å². The zero-order valence-corrected chi connectivity index (χ0v) is 8.71. The van der Waals surface area contributed by atoms with Crippen LogP contribution in [0.4, 0.5) is 0 Å². The first-order valence-corrected chi connectivity index (χ1v) is 5.35. The van der Waals surface area contributed by atoms with Crippen molar-refractivity contribution in [2.45, 2.75) is 51.6 Å². The Morgan fingerprint density at radius 3 is 2.69 bits per heavy atom. The van der Waals surface area contributed by atoms with E-state index < -0.39 is 0 Å². The monoisotopic (exact) mass is 184 g/mol. The van der Waals surface area contributed by atoms with E-state index in [4.69, 9.17) is 4.74 Å². The van der Waals surface area contributed by atoms with Crippen LogP contribution in [0.25, 0.3) is 0 Å². The van der Waals surface area contributed by atoms with Gasteiger partial charge in [0, 0.05) is 19.4 Å². The van der Waals surface area contributed by atoms with Crippen LogP contribution in [0.15, 0.2) is 0 Å². The van der Waals surface area contributed by atoms with Gasteiger partial charge in [-0.15, -0.1) is 0 Å². The molecule has 0 heterocycles. The fourth-order valence-electron chi connectivity index (χ4n) is 2.18. The fourth-order valence-corrected chi connectivity index (χ4v) is 2.18. The van der Waals surface area contributed by atoms with Crippen molar-refractivity contribution >= 4 is 5.78 Å².